The Morgan fingerprint density at radius 3 is 2.73 bits per heavy atom. The molecule has 1 rings (SSSR count). The Labute approximate surface area is 86.4 Å². The normalized spacial score (nSPS) is 9.67. The van der Waals surface area contributed by atoms with Crippen molar-refractivity contribution in [3.05, 3.63) is 18.2 Å². The van der Waals surface area contributed by atoms with Gasteiger partial charge < -0.3 is 26.0 Å². The molecule has 0 heterocycles. The Kier molecular flexibility index (Phi) is 3.75. The molecule has 1 aromatic rings. The van der Waals surface area contributed by atoms with Crippen LogP contribution in [0.15, 0.2) is 18.2 Å². The third-order valence-corrected chi connectivity index (χ3v) is 1.55. The first kappa shape index (κ1) is 11.1. The molecule has 0 unspecified atom stereocenters. The molecule has 0 radical (unpaired) electrons. The highest BCUT2D eigenvalue weighted by atomic mass is 16.5. The van der Waals surface area contributed by atoms with E-state index in [2.05, 4.69) is 4.74 Å². The van der Waals surface area contributed by atoms with Crippen LogP contribution in [0.3, 0.4) is 0 Å². The van der Waals surface area contributed by atoms with E-state index in [1.165, 1.54) is 18.2 Å². The molecule has 0 aromatic heterocycles. The van der Waals surface area contributed by atoms with Crippen LogP contribution in [-0.2, 0) is 0 Å². The predicted octanol–water partition coefficient (Wildman–Crippen LogP) is 0.0974. The van der Waals surface area contributed by atoms with Gasteiger partial charge in [0.15, 0.2) is 0 Å². The van der Waals surface area contributed by atoms with Crippen LogP contribution in [0.2, 0.25) is 0 Å². The van der Waals surface area contributed by atoms with E-state index in [4.69, 9.17) is 21.3 Å². The number of aliphatic hydroxyl groups is 1. The summed E-state index contributed by atoms with van der Waals surface area (Å²) < 4.78 is 9.71. The summed E-state index contributed by atoms with van der Waals surface area (Å²) in [5.41, 5.74) is 10.7. The fourth-order valence-corrected chi connectivity index (χ4v) is 0.993. The maximum atomic E-state index is 10.4. The number of primary amides is 1. The lowest BCUT2D eigenvalue weighted by Gasteiger charge is -2.08. The molecule has 0 atom stereocenters. The number of anilines is 1. The lowest BCUT2D eigenvalue weighted by Crippen LogP contribution is -2.16. The number of carbonyl (C=O) groups is 1. The average Bonchev–Trinajstić information content (AvgIpc) is 2.15. The number of hydrogen-bond acceptors (Lipinski definition) is 5. The summed E-state index contributed by atoms with van der Waals surface area (Å²) in [7, 11) is 0. The second-order valence-corrected chi connectivity index (χ2v) is 2.69. The van der Waals surface area contributed by atoms with Crippen molar-refractivity contribution in [2.75, 3.05) is 18.9 Å². The van der Waals surface area contributed by atoms with Crippen molar-refractivity contribution in [1.82, 2.24) is 0 Å². The molecule has 0 fully saturated rings. The molecule has 0 spiro atoms. The summed E-state index contributed by atoms with van der Waals surface area (Å²) in [5, 5.41) is 8.54. The number of aliphatic hydroxyl groups excluding tert-OH is 1. The highest BCUT2D eigenvalue weighted by Gasteiger charge is 2.04. The minimum Gasteiger partial charge on any atom is -0.489 e. The minimum absolute atomic E-state index is 0.0982. The number of amides is 1. The van der Waals surface area contributed by atoms with Gasteiger partial charge in [0.2, 0.25) is 0 Å². The summed E-state index contributed by atoms with van der Waals surface area (Å²) in [5.74, 6) is 0.664. The van der Waals surface area contributed by atoms with E-state index in [0.29, 0.717) is 11.4 Å². The molecule has 82 valence electrons. The van der Waals surface area contributed by atoms with E-state index in [-0.39, 0.29) is 19.0 Å². The van der Waals surface area contributed by atoms with Crippen molar-refractivity contribution >= 4 is 11.8 Å². The number of rotatable bonds is 4. The Hall–Kier alpha value is -1.95. The number of hydrogen-bond donors (Lipinski definition) is 3. The lowest BCUT2D eigenvalue weighted by molar-refractivity contribution is 0.201. The van der Waals surface area contributed by atoms with Gasteiger partial charge in [0.25, 0.3) is 0 Å². The van der Waals surface area contributed by atoms with Gasteiger partial charge in [-0.1, -0.05) is 0 Å². The second-order valence-electron chi connectivity index (χ2n) is 2.69. The summed E-state index contributed by atoms with van der Waals surface area (Å²) in [4.78, 5) is 10.4. The fourth-order valence-electron chi connectivity index (χ4n) is 0.993. The fraction of sp³-hybridized carbons (Fsp3) is 0.222. The first-order chi connectivity index (χ1) is 7.13. The van der Waals surface area contributed by atoms with Crippen molar-refractivity contribution in [1.29, 1.82) is 0 Å². The van der Waals surface area contributed by atoms with Gasteiger partial charge in [0.1, 0.15) is 18.1 Å². The van der Waals surface area contributed by atoms with Crippen molar-refractivity contribution in [3.8, 4) is 11.5 Å². The van der Waals surface area contributed by atoms with Crippen LogP contribution in [0.1, 0.15) is 0 Å². The van der Waals surface area contributed by atoms with E-state index in [9.17, 15) is 4.79 Å². The molecule has 15 heavy (non-hydrogen) atoms. The van der Waals surface area contributed by atoms with Gasteiger partial charge in [-0.2, -0.15) is 0 Å². The SMILES string of the molecule is NC(=O)Oc1ccc(OCCO)c(N)c1. The predicted molar refractivity (Wildman–Crippen MR) is 53.6 cm³/mol. The maximum absolute atomic E-state index is 10.4. The molecule has 1 amide bonds. The Balaban J connectivity index is 2.74. The average molecular weight is 212 g/mol. The van der Waals surface area contributed by atoms with E-state index >= 15 is 0 Å². The van der Waals surface area contributed by atoms with E-state index in [1.54, 1.807) is 0 Å². The van der Waals surface area contributed by atoms with Gasteiger partial charge in [-0.15, -0.1) is 0 Å². The second kappa shape index (κ2) is 5.06. The maximum Gasteiger partial charge on any atom is 0.409 e. The number of carbonyl (C=O) groups excluding carboxylic acids is 1. The largest absolute Gasteiger partial charge is 0.489 e. The smallest absolute Gasteiger partial charge is 0.409 e. The molecule has 1 aromatic carbocycles. The Morgan fingerprint density at radius 1 is 1.47 bits per heavy atom. The molecule has 0 aliphatic rings. The third-order valence-electron chi connectivity index (χ3n) is 1.55. The van der Waals surface area contributed by atoms with Gasteiger partial charge in [-0.05, 0) is 12.1 Å². The molecular weight excluding hydrogens is 200 g/mol. The molecule has 0 bridgehead atoms. The summed E-state index contributed by atoms with van der Waals surface area (Å²) >= 11 is 0. The van der Waals surface area contributed by atoms with Gasteiger partial charge in [0, 0.05) is 6.07 Å². The van der Waals surface area contributed by atoms with E-state index < -0.39 is 6.09 Å². The number of benzene rings is 1. The zero-order valence-corrected chi connectivity index (χ0v) is 7.97. The summed E-state index contributed by atoms with van der Waals surface area (Å²) in [6.45, 7) is 0.0548. The molecule has 6 nitrogen and oxygen atoms in total. The monoisotopic (exact) mass is 212 g/mol. The van der Waals surface area contributed by atoms with E-state index in [0.717, 1.165) is 0 Å². The van der Waals surface area contributed by atoms with Crippen LogP contribution >= 0.6 is 0 Å². The first-order valence-corrected chi connectivity index (χ1v) is 4.24. The standard InChI is InChI=1S/C9H12N2O4/c10-7-5-6(15-9(11)13)1-2-8(7)14-4-3-12/h1-2,5,12H,3-4,10H2,(H2,11,13). The number of nitrogens with two attached hydrogens (primary N) is 2. The number of nitrogen functional groups attached to an aromatic ring is 1. The van der Waals surface area contributed by atoms with Gasteiger partial charge in [0.05, 0.1) is 12.3 Å². The first-order valence-electron chi connectivity index (χ1n) is 4.24. The van der Waals surface area contributed by atoms with Crippen LogP contribution in [0.4, 0.5) is 10.5 Å². The Bertz CT molecular complexity index is 354. The summed E-state index contributed by atoms with van der Waals surface area (Å²) in [6, 6.07) is 4.44. The molecule has 0 saturated carbocycles. The molecule has 0 aliphatic carbocycles. The van der Waals surface area contributed by atoms with Crippen molar-refractivity contribution in [2.45, 2.75) is 0 Å². The highest BCUT2D eigenvalue weighted by Crippen LogP contribution is 2.26. The quantitative estimate of drug-likeness (QED) is 0.613. The van der Waals surface area contributed by atoms with Crippen molar-refractivity contribution in [3.63, 3.8) is 0 Å². The third kappa shape index (κ3) is 3.35. The van der Waals surface area contributed by atoms with Crippen LogP contribution in [0, 0.1) is 0 Å². The van der Waals surface area contributed by atoms with Crippen molar-refractivity contribution < 1.29 is 19.4 Å². The minimum atomic E-state index is -0.904. The molecular formula is C9H12N2O4. The van der Waals surface area contributed by atoms with Gasteiger partial charge in [-0.25, -0.2) is 4.79 Å². The Morgan fingerprint density at radius 2 is 2.20 bits per heavy atom. The highest BCUT2D eigenvalue weighted by molar-refractivity contribution is 5.69. The number of ether oxygens (including phenoxy) is 2. The molecule has 0 saturated heterocycles. The lowest BCUT2D eigenvalue weighted by atomic mass is 10.3. The van der Waals surface area contributed by atoms with Gasteiger partial charge >= 0.3 is 6.09 Å². The zero-order chi connectivity index (χ0) is 11.3. The summed E-state index contributed by atoms with van der Waals surface area (Å²) in [6.07, 6.45) is -0.904. The van der Waals surface area contributed by atoms with Crippen LogP contribution in [-0.4, -0.2) is 24.4 Å². The molecule has 6 heteroatoms. The van der Waals surface area contributed by atoms with E-state index in [1.807, 2.05) is 0 Å². The van der Waals surface area contributed by atoms with Crippen LogP contribution in [0.5, 0.6) is 11.5 Å². The van der Waals surface area contributed by atoms with Crippen LogP contribution in [0.25, 0.3) is 0 Å². The molecule has 0 aliphatic heterocycles. The van der Waals surface area contributed by atoms with Gasteiger partial charge in [-0.3, -0.25) is 0 Å². The molecule has 5 N–H and O–H groups in total. The van der Waals surface area contributed by atoms with Crippen LogP contribution < -0.4 is 20.9 Å². The topological polar surface area (TPSA) is 108 Å². The zero-order valence-electron chi connectivity index (χ0n) is 7.97. The van der Waals surface area contributed by atoms with Crippen molar-refractivity contribution in [2.24, 2.45) is 5.73 Å².